The fourth-order valence-electron chi connectivity index (χ4n) is 6.34. The summed E-state index contributed by atoms with van der Waals surface area (Å²) in [6, 6.07) is -0.228. The van der Waals surface area contributed by atoms with E-state index in [9.17, 15) is 30.3 Å². The third-order valence-corrected chi connectivity index (χ3v) is 8.21. The molecule has 0 saturated carbocycles. The van der Waals surface area contributed by atoms with Crippen LogP contribution in [0.5, 0.6) is 0 Å². The molecule has 0 bridgehead atoms. The van der Waals surface area contributed by atoms with Crippen molar-refractivity contribution in [2.24, 2.45) is 29.6 Å². The summed E-state index contributed by atoms with van der Waals surface area (Å²) in [5.41, 5.74) is 1.00. The van der Waals surface area contributed by atoms with E-state index in [2.05, 4.69) is 6.08 Å². The molecule has 1 amide bonds. The maximum absolute atomic E-state index is 13.3. The van der Waals surface area contributed by atoms with Crippen molar-refractivity contribution in [3.63, 3.8) is 0 Å². The summed E-state index contributed by atoms with van der Waals surface area (Å²) in [5.74, 6) is -0.829. The first-order valence-corrected chi connectivity index (χ1v) is 12.7. The lowest BCUT2D eigenvalue weighted by molar-refractivity contribution is -0.131. The summed E-state index contributed by atoms with van der Waals surface area (Å²) in [4.78, 5) is 15.1. The van der Waals surface area contributed by atoms with Crippen molar-refractivity contribution in [2.75, 3.05) is 0 Å². The summed E-state index contributed by atoms with van der Waals surface area (Å²) in [6.45, 7) is 5.76. The van der Waals surface area contributed by atoms with Crippen molar-refractivity contribution in [3.8, 4) is 0 Å². The van der Waals surface area contributed by atoms with E-state index < -0.39 is 36.4 Å². The lowest BCUT2D eigenvalue weighted by atomic mass is 9.67. The van der Waals surface area contributed by atoms with E-state index in [4.69, 9.17) is 0 Å². The van der Waals surface area contributed by atoms with Gasteiger partial charge in [-0.15, -0.1) is 0 Å². The van der Waals surface area contributed by atoms with Crippen LogP contribution in [-0.4, -0.2) is 78.9 Å². The first-order chi connectivity index (χ1) is 16.6. The Kier molecular flexibility index (Phi) is 7.83. The average Bonchev–Trinajstić information content (AvgIpc) is 3.28. The van der Waals surface area contributed by atoms with Gasteiger partial charge in [0.1, 0.15) is 6.10 Å². The third kappa shape index (κ3) is 5.11. The Bertz CT molecular complexity index is 938. The van der Waals surface area contributed by atoms with Crippen molar-refractivity contribution in [2.45, 2.75) is 76.2 Å². The van der Waals surface area contributed by atoms with Gasteiger partial charge in [0.25, 0.3) is 0 Å². The highest BCUT2D eigenvalue weighted by molar-refractivity contribution is 5.85. The third-order valence-electron chi connectivity index (χ3n) is 8.21. The Balaban J connectivity index is 1.73. The van der Waals surface area contributed by atoms with Gasteiger partial charge in [-0.25, -0.2) is 0 Å². The molecule has 0 radical (unpaired) electrons. The molecule has 7 heteroatoms. The zero-order valence-electron chi connectivity index (χ0n) is 20.6. The van der Waals surface area contributed by atoms with Crippen LogP contribution >= 0.6 is 0 Å². The molecule has 0 aromatic carbocycles. The van der Waals surface area contributed by atoms with Crippen LogP contribution in [0.1, 0.15) is 33.6 Å². The van der Waals surface area contributed by atoms with Crippen LogP contribution in [-0.2, 0) is 4.79 Å². The van der Waals surface area contributed by atoms with Gasteiger partial charge >= 0.3 is 0 Å². The second-order valence-corrected chi connectivity index (χ2v) is 10.8. The Labute approximate surface area is 207 Å². The number of rotatable bonds is 0. The Morgan fingerprint density at radius 2 is 1.57 bits per heavy atom. The fourth-order valence-corrected chi connectivity index (χ4v) is 6.34. The topological polar surface area (TPSA) is 121 Å². The van der Waals surface area contributed by atoms with Crippen molar-refractivity contribution in [3.05, 3.63) is 60.3 Å². The van der Waals surface area contributed by atoms with E-state index in [1.165, 1.54) is 6.08 Å². The van der Waals surface area contributed by atoms with Crippen molar-refractivity contribution < 1.29 is 30.3 Å². The molecule has 2 heterocycles. The van der Waals surface area contributed by atoms with Gasteiger partial charge in [0.05, 0.1) is 36.4 Å². The molecule has 4 rings (SSSR count). The van der Waals surface area contributed by atoms with Gasteiger partial charge in [-0.05, 0) is 26.2 Å². The highest BCUT2D eigenvalue weighted by Crippen LogP contribution is 2.50. The molecule has 192 valence electrons. The fraction of sp³-hybridized carbons (Fsp3) is 0.607. The zero-order chi connectivity index (χ0) is 25.4. The number of hydrogen-bond donors (Lipinski definition) is 5. The molecule has 0 unspecified atom stereocenters. The summed E-state index contributed by atoms with van der Waals surface area (Å²) < 4.78 is 0. The minimum atomic E-state index is -1.40. The van der Waals surface area contributed by atoms with Crippen LogP contribution in [0.15, 0.2) is 60.3 Å². The highest BCUT2D eigenvalue weighted by Gasteiger charge is 2.58. The summed E-state index contributed by atoms with van der Waals surface area (Å²) >= 11 is 0. The Morgan fingerprint density at radius 1 is 0.857 bits per heavy atom. The summed E-state index contributed by atoms with van der Waals surface area (Å²) in [7, 11) is 0. The van der Waals surface area contributed by atoms with Crippen LogP contribution in [0.4, 0.5) is 0 Å². The zero-order valence-corrected chi connectivity index (χ0v) is 20.6. The second-order valence-electron chi connectivity index (χ2n) is 10.8. The molecule has 12 atom stereocenters. The second kappa shape index (κ2) is 10.5. The number of amides is 1. The monoisotopic (exact) mass is 485 g/mol. The number of allylic oxidation sites excluding steroid dienone is 7. The molecule has 2 aliphatic carbocycles. The maximum atomic E-state index is 13.3. The number of aliphatic hydroxyl groups is 5. The van der Waals surface area contributed by atoms with Gasteiger partial charge < -0.3 is 30.4 Å². The predicted octanol–water partition coefficient (Wildman–Crippen LogP) is 1.48. The lowest BCUT2D eigenvalue weighted by Gasteiger charge is -2.36. The van der Waals surface area contributed by atoms with Crippen molar-refractivity contribution >= 4 is 5.91 Å². The maximum Gasteiger partial charge on any atom is 0.230 e. The van der Waals surface area contributed by atoms with E-state index >= 15 is 0 Å². The molecule has 7 nitrogen and oxygen atoms in total. The number of hydrogen-bond acceptors (Lipinski definition) is 6. The molecule has 0 spiro atoms. The van der Waals surface area contributed by atoms with Crippen LogP contribution in [0.25, 0.3) is 0 Å². The Hall–Kier alpha value is -2.03. The number of carbonyl (C=O) groups excluding carboxylic acids is 1. The van der Waals surface area contributed by atoms with E-state index in [1.807, 2.05) is 49.1 Å². The van der Waals surface area contributed by atoms with Crippen LogP contribution < -0.4 is 0 Å². The number of aliphatic hydroxyl groups excluding tert-OH is 5. The predicted molar refractivity (Wildman–Crippen MR) is 133 cm³/mol. The van der Waals surface area contributed by atoms with E-state index in [0.717, 1.165) is 5.57 Å². The van der Waals surface area contributed by atoms with Crippen LogP contribution in [0.3, 0.4) is 0 Å². The van der Waals surface area contributed by atoms with Gasteiger partial charge in [0.15, 0.2) is 0 Å². The minimum absolute atomic E-state index is 0.00584. The van der Waals surface area contributed by atoms with Gasteiger partial charge in [-0.1, -0.05) is 67.2 Å². The number of fused-ring (bicyclic) bond motifs is 5. The van der Waals surface area contributed by atoms with E-state index in [-0.39, 0.29) is 48.1 Å². The standard InChI is InChI=1S/C28H39NO6/c1-15-6-4-5-7-19(30)14-23(32)27(34)26(33)16(2)8-9-18-10-11-20-24(21(18)12-15)25-22(31)13-17(3)29(25)28(20)35/h4-12,16-27,30-34H,13-14H2,1-3H3/b6-4+,7-5-,9-8+,15-12+/t16-,17-,18+,19-,20-,21+,22+,23-,24+,25+,26+,27-/m0/s1. The molecule has 2 aliphatic heterocycles. The average molecular weight is 486 g/mol. The van der Waals surface area contributed by atoms with Crippen LogP contribution in [0, 0.1) is 29.6 Å². The largest absolute Gasteiger partial charge is 0.391 e. The summed E-state index contributed by atoms with van der Waals surface area (Å²) in [5, 5.41) is 52.4. The normalized spacial score (nSPS) is 50.6. The Morgan fingerprint density at radius 3 is 2.31 bits per heavy atom. The quantitative estimate of drug-likeness (QED) is 0.332. The highest BCUT2D eigenvalue weighted by atomic mass is 16.4. The van der Waals surface area contributed by atoms with Crippen molar-refractivity contribution in [1.29, 1.82) is 0 Å². The molecule has 2 fully saturated rings. The molecule has 0 aromatic rings. The van der Waals surface area contributed by atoms with Gasteiger partial charge in [0, 0.05) is 30.2 Å². The van der Waals surface area contributed by atoms with Gasteiger partial charge in [-0.3, -0.25) is 4.79 Å². The van der Waals surface area contributed by atoms with Gasteiger partial charge in [0.2, 0.25) is 5.91 Å². The molecule has 4 aliphatic rings. The molecular formula is C28H39NO6. The van der Waals surface area contributed by atoms with Crippen molar-refractivity contribution in [1.82, 2.24) is 4.90 Å². The number of carbonyl (C=O) groups is 1. The first-order valence-electron chi connectivity index (χ1n) is 12.7. The molecule has 35 heavy (non-hydrogen) atoms. The summed E-state index contributed by atoms with van der Waals surface area (Å²) in [6.07, 6.45) is 12.1. The molecule has 0 aromatic heterocycles. The van der Waals surface area contributed by atoms with E-state index in [0.29, 0.717) is 6.42 Å². The smallest absolute Gasteiger partial charge is 0.230 e. The van der Waals surface area contributed by atoms with Gasteiger partial charge in [-0.2, -0.15) is 0 Å². The van der Waals surface area contributed by atoms with Crippen LogP contribution in [0.2, 0.25) is 0 Å². The molecule has 5 N–H and O–H groups in total. The minimum Gasteiger partial charge on any atom is -0.391 e. The lowest BCUT2D eigenvalue weighted by Crippen LogP contribution is -2.42. The first kappa shape index (κ1) is 26.0. The molecule has 2 saturated heterocycles. The number of nitrogens with zero attached hydrogens (tertiary/aromatic N) is 1. The SMILES string of the molecule is CC1=C/[C@H]2[C@@H]3[C@H]4[C@H](O)C[C@H](C)N4C(=O)[C@H]3C=C[C@H]2/C=C/[C@H](C)[C@@H](O)[C@@H](O)[C@@H](O)C[C@@H](O)\C=C/C=C/1. The van der Waals surface area contributed by atoms with E-state index in [1.54, 1.807) is 19.1 Å². The molecular weight excluding hydrogens is 446 g/mol.